The van der Waals surface area contributed by atoms with Gasteiger partial charge in [-0.05, 0) is 30.3 Å². The van der Waals surface area contributed by atoms with E-state index in [9.17, 15) is 0 Å². The highest BCUT2D eigenvalue weighted by atomic mass is 32.1. The van der Waals surface area contributed by atoms with Crippen LogP contribution in [0, 0.1) is 0 Å². The van der Waals surface area contributed by atoms with Crippen molar-refractivity contribution in [1.82, 2.24) is 14.5 Å². The first-order valence-electron chi connectivity index (χ1n) is 14.8. The molecule has 0 fully saturated rings. The van der Waals surface area contributed by atoms with Crippen molar-refractivity contribution in [1.29, 1.82) is 0 Å². The van der Waals surface area contributed by atoms with Gasteiger partial charge in [-0.3, -0.25) is 0 Å². The number of rotatable bonds is 4. The molecule has 206 valence electrons. The standard InChI is InChI=1S/C40H25N3S/c1-3-13-26(14-4-1)40-41-34(25-35(42-40)33-22-12-20-31-29-18-8-10-24-37(29)44-39(31)33)32-21-11-19-30-28-17-7-9-23-36(28)43(38(30)32)27-15-5-2-6-16-27/h1-25H. The molecule has 0 N–H and O–H groups in total. The van der Waals surface area contributed by atoms with Crippen molar-refractivity contribution >= 4 is 53.3 Å². The number of para-hydroxylation sites is 3. The number of aromatic nitrogens is 3. The lowest BCUT2D eigenvalue weighted by molar-refractivity contribution is 1.16. The summed E-state index contributed by atoms with van der Waals surface area (Å²) in [5.41, 5.74) is 8.46. The summed E-state index contributed by atoms with van der Waals surface area (Å²) in [5, 5.41) is 4.97. The van der Waals surface area contributed by atoms with E-state index < -0.39 is 0 Å². The molecule has 0 bridgehead atoms. The lowest BCUT2D eigenvalue weighted by atomic mass is 10.0. The van der Waals surface area contributed by atoms with Crippen LogP contribution in [0.25, 0.3) is 81.6 Å². The fourth-order valence-corrected chi connectivity index (χ4v) is 7.68. The Morgan fingerprint density at radius 3 is 1.91 bits per heavy atom. The van der Waals surface area contributed by atoms with Crippen molar-refractivity contribution in [2.24, 2.45) is 0 Å². The number of benzene rings is 6. The van der Waals surface area contributed by atoms with Gasteiger partial charge in [-0.25, -0.2) is 9.97 Å². The molecule has 0 saturated carbocycles. The summed E-state index contributed by atoms with van der Waals surface area (Å²) in [7, 11) is 0. The molecule has 0 unspecified atom stereocenters. The first-order chi connectivity index (χ1) is 21.8. The number of nitrogens with zero attached hydrogens (tertiary/aromatic N) is 3. The number of fused-ring (bicyclic) bond motifs is 6. The predicted octanol–water partition coefficient (Wildman–Crippen LogP) is 10.9. The van der Waals surface area contributed by atoms with Crippen LogP contribution in [-0.4, -0.2) is 14.5 Å². The number of hydrogen-bond acceptors (Lipinski definition) is 3. The van der Waals surface area contributed by atoms with E-state index in [0.717, 1.165) is 45.1 Å². The molecule has 4 heteroatoms. The van der Waals surface area contributed by atoms with Gasteiger partial charge in [0.1, 0.15) is 0 Å². The summed E-state index contributed by atoms with van der Waals surface area (Å²) in [6, 6.07) is 53.5. The highest BCUT2D eigenvalue weighted by molar-refractivity contribution is 7.26. The molecule has 3 heterocycles. The van der Waals surface area contributed by atoms with Crippen molar-refractivity contribution in [3.8, 4) is 39.6 Å². The van der Waals surface area contributed by atoms with Crippen LogP contribution >= 0.6 is 11.3 Å². The second-order valence-electron chi connectivity index (χ2n) is 11.0. The van der Waals surface area contributed by atoms with Gasteiger partial charge in [0.2, 0.25) is 0 Å². The second kappa shape index (κ2) is 10.0. The van der Waals surface area contributed by atoms with Gasteiger partial charge in [-0.15, -0.1) is 11.3 Å². The van der Waals surface area contributed by atoms with E-state index >= 15 is 0 Å². The van der Waals surface area contributed by atoms with Crippen LogP contribution in [0.5, 0.6) is 0 Å². The molecule has 0 aliphatic carbocycles. The molecule has 0 amide bonds. The SMILES string of the molecule is c1ccc(-c2nc(-c3cccc4c3sc3ccccc34)cc(-c3cccc4c5ccccc5n(-c5ccccc5)c34)n2)cc1. The monoisotopic (exact) mass is 579 g/mol. The predicted molar refractivity (Wildman–Crippen MR) is 186 cm³/mol. The van der Waals surface area contributed by atoms with Crippen LogP contribution in [0.4, 0.5) is 0 Å². The first kappa shape index (κ1) is 25.0. The third-order valence-electron chi connectivity index (χ3n) is 8.42. The minimum atomic E-state index is 0.718. The summed E-state index contributed by atoms with van der Waals surface area (Å²) < 4.78 is 4.90. The first-order valence-corrected chi connectivity index (χ1v) is 15.6. The van der Waals surface area contributed by atoms with Crippen molar-refractivity contribution in [3.05, 3.63) is 152 Å². The van der Waals surface area contributed by atoms with Gasteiger partial charge in [0, 0.05) is 53.3 Å². The van der Waals surface area contributed by atoms with Gasteiger partial charge in [-0.2, -0.15) is 0 Å². The largest absolute Gasteiger partial charge is 0.309 e. The third-order valence-corrected chi connectivity index (χ3v) is 9.64. The Hall–Kier alpha value is -5.58. The lowest BCUT2D eigenvalue weighted by Gasteiger charge is -2.13. The summed E-state index contributed by atoms with van der Waals surface area (Å²) in [6.07, 6.45) is 0. The van der Waals surface area contributed by atoms with Gasteiger partial charge in [0.15, 0.2) is 5.82 Å². The normalized spacial score (nSPS) is 11.6. The molecule has 3 aromatic heterocycles. The van der Waals surface area contributed by atoms with Crippen molar-refractivity contribution < 1.29 is 0 Å². The van der Waals surface area contributed by atoms with Crippen LogP contribution in [0.2, 0.25) is 0 Å². The van der Waals surface area contributed by atoms with Gasteiger partial charge >= 0.3 is 0 Å². The van der Waals surface area contributed by atoms with Gasteiger partial charge in [0.25, 0.3) is 0 Å². The lowest BCUT2D eigenvalue weighted by Crippen LogP contribution is -1.99. The van der Waals surface area contributed by atoms with Crippen LogP contribution < -0.4 is 0 Å². The quantitative estimate of drug-likeness (QED) is 0.208. The summed E-state index contributed by atoms with van der Waals surface area (Å²) >= 11 is 1.83. The van der Waals surface area contributed by atoms with Crippen LogP contribution in [0.15, 0.2) is 152 Å². The molecule has 0 spiro atoms. The zero-order valence-corrected chi connectivity index (χ0v) is 24.5. The average Bonchev–Trinajstić information content (AvgIpc) is 3.65. The molecule has 9 aromatic rings. The molecule has 0 saturated heterocycles. The Bertz CT molecular complexity index is 2490. The van der Waals surface area contributed by atoms with E-state index in [2.05, 4.69) is 138 Å². The zero-order chi connectivity index (χ0) is 29.0. The van der Waals surface area contributed by atoms with E-state index in [4.69, 9.17) is 9.97 Å². The maximum absolute atomic E-state index is 5.26. The molecule has 0 aliphatic rings. The van der Waals surface area contributed by atoms with Crippen molar-refractivity contribution in [2.45, 2.75) is 0 Å². The highest BCUT2D eigenvalue weighted by Gasteiger charge is 2.20. The summed E-state index contributed by atoms with van der Waals surface area (Å²) in [6.45, 7) is 0. The van der Waals surface area contributed by atoms with E-state index in [0.29, 0.717) is 0 Å². The number of hydrogen-bond donors (Lipinski definition) is 0. The van der Waals surface area contributed by atoms with E-state index in [-0.39, 0.29) is 0 Å². The molecule has 9 rings (SSSR count). The minimum Gasteiger partial charge on any atom is -0.309 e. The van der Waals surface area contributed by atoms with Crippen LogP contribution in [-0.2, 0) is 0 Å². The maximum atomic E-state index is 5.26. The molecule has 44 heavy (non-hydrogen) atoms. The smallest absolute Gasteiger partial charge is 0.160 e. The van der Waals surface area contributed by atoms with Crippen LogP contribution in [0.1, 0.15) is 0 Å². The fourth-order valence-electron chi connectivity index (χ4n) is 6.46. The van der Waals surface area contributed by atoms with E-state index in [1.807, 2.05) is 29.5 Å². The summed E-state index contributed by atoms with van der Waals surface area (Å²) in [5.74, 6) is 0.718. The summed E-state index contributed by atoms with van der Waals surface area (Å²) in [4.78, 5) is 10.5. The topological polar surface area (TPSA) is 30.7 Å². The van der Waals surface area contributed by atoms with Gasteiger partial charge in [-0.1, -0.05) is 121 Å². The fraction of sp³-hybridized carbons (Fsp3) is 0. The number of thiophene rings is 1. The van der Waals surface area contributed by atoms with Gasteiger partial charge in [0.05, 0.1) is 22.4 Å². The minimum absolute atomic E-state index is 0.718. The Morgan fingerprint density at radius 1 is 0.477 bits per heavy atom. The van der Waals surface area contributed by atoms with E-state index in [1.54, 1.807) is 0 Å². The molecular weight excluding hydrogens is 555 g/mol. The zero-order valence-electron chi connectivity index (χ0n) is 23.7. The third kappa shape index (κ3) is 3.89. The second-order valence-corrected chi connectivity index (χ2v) is 12.1. The maximum Gasteiger partial charge on any atom is 0.160 e. The molecular formula is C40H25N3S. The Kier molecular flexibility index (Phi) is 5.68. The van der Waals surface area contributed by atoms with Crippen molar-refractivity contribution in [2.75, 3.05) is 0 Å². The van der Waals surface area contributed by atoms with Crippen LogP contribution in [0.3, 0.4) is 0 Å². The Labute approximate surface area is 258 Å². The van der Waals surface area contributed by atoms with Gasteiger partial charge < -0.3 is 4.57 Å². The molecule has 0 radical (unpaired) electrons. The molecule has 0 aliphatic heterocycles. The molecule has 3 nitrogen and oxygen atoms in total. The van der Waals surface area contributed by atoms with E-state index in [1.165, 1.54) is 36.5 Å². The molecule has 0 atom stereocenters. The highest BCUT2D eigenvalue weighted by Crippen LogP contribution is 2.42. The Morgan fingerprint density at radius 2 is 1.09 bits per heavy atom. The molecule has 6 aromatic carbocycles. The Balaban J connectivity index is 1.37. The average molecular weight is 580 g/mol. The van der Waals surface area contributed by atoms with Crippen molar-refractivity contribution in [3.63, 3.8) is 0 Å².